The molecule has 7 nitrogen and oxygen atoms in total. The van der Waals surface area contributed by atoms with Gasteiger partial charge >= 0.3 is 19.8 Å². The molecule has 16 heavy (non-hydrogen) atoms. The average Bonchev–Trinajstić information content (AvgIpc) is 2.08. The van der Waals surface area contributed by atoms with Crippen LogP contribution in [0.2, 0.25) is 0 Å². The summed E-state index contributed by atoms with van der Waals surface area (Å²) < 4.78 is 18.6. The van der Waals surface area contributed by atoms with Crippen molar-refractivity contribution in [2.45, 2.75) is 19.8 Å². The fourth-order valence-corrected chi connectivity index (χ4v) is 1.04. The van der Waals surface area contributed by atoms with Crippen molar-refractivity contribution in [1.82, 2.24) is 0 Å². The van der Waals surface area contributed by atoms with Crippen molar-refractivity contribution < 1.29 is 33.2 Å². The number of phosphoric ester groups is 1. The minimum absolute atomic E-state index is 0.0397. The fourth-order valence-electron chi connectivity index (χ4n) is 0.683. The molecule has 0 unspecified atom stereocenters. The van der Waals surface area contributed by atoms with Gasteiger partial charge in [0.15, 0.2) is 0 Å². The summed E-state index contributed by atoms with van der Waals surface area (Å²) in [7, 11) is -4.78. The molecule has 0 saturated carbocycles. The summed E-state index contributed by atoms with van der Waals surface area (Å²) in [6.07, 6.45) is -0.119. The number of esters is 1. The van der Waals surface area contributed by atoms with E-state index in [1.54, 1.807) is 0 Å². The van der Waals surface area contributed by atoms with Crippen molar-refractivity contribution in [1.29, 1.82) is 0 Å². The molecule has 0 saturated heterocycles. The molecule has 0 atom stereocenters. The van der Waals surface area contributed by atoms with Gasteiger partial charge in [0.25, 0.3) is 0 Å². The maximum Gasteiger partial charge on any atom is 0.526 e. The summed E-state index contributed by atoms with van der Waals surface area (Å²) in [6.45, 7) is 4.79. The van der Waals surface area contributed by atoms with Crippen LogP contribution < -0.4 is 0 Å². The number of hydrogen-bond donors (Lipinski definition) is 2. The second-order valence-electron chi connectivity index (χ2n) is 2.97. The smallest absolute Gasteiger partial charge is 0.462 e. The molecule has 0 aliphatic heterocycles. The Labute approximate surface area is 92.3 Å². The molecule has 0 bridgehead atoms. The SMILES string of the molecule is C=C(C)C(=O)OCCCC(=O)OP(=O)(O)O. The van der Waals surface area contributed by atoms with Gasteiger partial charge in [0.2, 0.25) is 0 Å². The van der Waals surface area contributed by atoms with Crippen LogP contribution in [0.5, 0.6) is 0 Å². The van der Waals surface area contributed by atoms with Gasteiger partial charge in [0.1, 0.15) is 0 Å². The summed E-state index contributed by atoms with van der Waals surface area (Å²) in [4.78, 5) is 38.2. The molecule has 0 radical (unpaired) electrons. The third-order valence-corrected chi connectivity index (χ3v) is 1.77. The highest BCUT2D eigenvalue weighted by atomic mass is 31.2. The summed E-state index contributed by atoms with van der Waals surface area (Å²) in [5, 5.41) is 0. The second-order valence-corrected chi connectivity index (χ2v) is 4.14. The van der Waals surface area contributed by atoms with Crippen LogP contribution in [0.1, 0.15) is 19.8 Å². The molecule has 0 aromatic carbocycles. The highest BCUT2D eigenvalue weighted by Crippen LogP contribution is 2.36. The van der Waals surface area contributed by atoms with E-state index in [4.69, 9.17) is 9.79 Å². The van der Waals surface area contributed by atoms with Crippen molar-refractivity contribution in [2.24, 2.45) is 0 Å². The zero-order valence-corrected chi connectivity index (χ0v) is 9.61. The third kappa shape index (κ3) is 8.16. The lowest BCUT2D eigenvalue weighted by Gasteiger charge is -2.05. The van der Waals surface area contributed by atoms with E-state index >= 15 is 0 Å². The van der Waals surface area contributed by atoms with Crippen molar-refractivity contribution >= 4 is 19.8 Å². The van der Waals surface area contributed by atoms with E-state index in [0.29, 0.717) is 0 Å². The van der Waals surface area contributed by atoms with E-state index in [1.807, 2.05) is 0 Å². The Morgan fingerprint density at radius 3 is 2.38 bits per heavy atom. The number of carbonyl (C=O) groups is 2. The Hall–Kier alpha value is -1.17. The molecule has 0 aromatic rings. The maximum absolute atomic E-state index is 10.9. The Balaban J connectivity index is 3.68. The molecule has 92 valence electrons. The summed E-state index contributed by atoms with van der Waals surface area (Å²) in [5.41, 5.74) is 0.234. The lowest BCUT2D eigenvalue weighted by Crippen LogP contribution is -2.09. The number of phosphoric acid groups is 1. The van der Waals surface area contributed by atoms with Crippen LogP contribution in [0.3, 0.4) is 0 Å². The Kier molecular flexibility index (Phi) is 5.95. The first kappa shape index (κ1) is 14.8. The number of ether oxygens (including phenoxy) is 1. The molecule has 0 spiro atoms. The minimum atomic E-state index is -4.78. The van der Waals surface area contributed by atoms with E-state index in [9.17, 15) is 14.2 Å². The lowest BCUT2D eigenvalue weighted by molar-refractivity contribution is -0.141. The van der Waals surface area contributed by atoms with Gasteiger partial charge in [-0.1, -0.05) is 6.58 Å². The molecule has 0 aliphatic carbocycles. The van der Waals surface area contributed by atoms with E-state index in [2.05, 4.69) is 15.8 Å². The number of rotatable bonds is 6. The van der Waals surface area contributed by atoms with E-state index in [-0.39, 0.29) is 25.0 Å². The van der Waals surface area contributed by atoms with E-state index < -0.39 is 19.8 Å². The molecule has 0 heterocycles. The zero-order valence-electron chi connectivity index (χ0n) is 8.71. The highest BCUT2D eigenvalue weighted by Gasteiger charge is 2.19. The quantitative estimate of drug-likeness (QED) is 0.307. The Bertz CT molecular complexity index is 329. The first-order valence-corrected chi connectivity index (χ1v) is 5.86. The zero-order chi connectivity index (χ0) is 12.8. The largest absolute Gasteiger partial charge is 0.526 e. The van der Waals surface area contributed by atoms with Crippen LogP contribution in [-0.4, -0.2) is 28.3 Å². The standard InChI is InChI=1S/C8H13O7P/c1-6(2)8(10)14-5-3-4-7(9)15-16(11,12)13/h1,3-5H2,2H3,(H2,11,12,13). The summed E-state index contributed by atoms with van der Waals surface area (Å²) in [6, 6.07) is 0. The molecule has 0 aromatic heterocycles. The average molecular weight is 252 g/mol. The number of hydrogen-bond acceptors (Lipinski definition) is 5. The normalized spacial score (nSPS) is 10.7. The molecule has 0 rings (SSSR count). The summed E-state index contributed by atoms with van der Waals surface area (Å²) >= 11 is 0. The van der Waals surface area contributed by atoms with Gasteiger partial charge in [0.05, 0.1) is 6.61 Å². The predicted molar refractivity (Wildman–Crippen MR) is 53.1 cm³/mol. The molecular weight excluding hydrogens is 239 g/mol. The van der Waals surface area contributed by atoms with Crippen molar-refractivity contribution in [3.63, 3.8) is 0 Å². The summed E-state index contributed by atoms with van der Waals surface area (Å²) in [5.74, 6) is -1.62. The van der Waals surface area contributed by atoms with Crippen LogP contribution in [0.4, 0.5) is 0 Å². The predicted octanol–water partition coefficient (Wildman–Crippen LogP) is 0.522. The van der Waals surface area contributed by atoms with Gasteiger partial charge in [-0.05, 0) is 13.3 Å². The van der Waals surface area contributed by atoms with E-state index in [1.165, 1.54) is 6.92 Å². The maximum atomic E-state index is 10.9. The molecule has 8 heteroatoms. The fraction of sp³-hybridized carbons (Fsp3) is 0.500. The van der Waals surface area contributed by atoms with Crippen LogP contribution in [-0.2, 0) is 23.4 Å². The van der Waals surface area contributed by atoms with Crippen LogP contribution in [0, 0.1) is 0 Å². The minimum Gasteiger partial charge on any atom is -0.462 e. The molecule has 2 N–H and O–H groups in total. The van der Waals surface area contributed by atoms with Gasteiger partial charge in [-0.15, -0.1) is 0 Å². The molecular formula is C8H13O7P. The van der Waals surface area contributed by atoms with Crippen LogP contribution in [0.15, 0.2) is 12.2 Å². The topological polar surface area (TPSA) is 110 Å². The van der Waals surface area contributed by atoms with Crippen LogP contribution in [0.25, 0.3) is 0 Å². The van der Waals surface area contributed by atoms with Gasteiger partial charge in [-0.25, -0.2) is 9.36 Å². The monoisotopic (exact) mass is 252 g/mol. The first-order chi connectivity index (χ1) is 7.22. The van der Waals surface area contributed by atoms with Crippen molar-refractivity contribution in [3.8, 4) is 0 Å². The van der Waals surface area contributed by atoms with Gasteiger partial charge in [0, 0.05) is 12.0 Å². The van der Waals surface area contributed by atoms with E-state index in [0.717, 1.165) is 0 Å². The molecule has 0 fully saturated rings. The Morgan fingerprint density at radius 2 is 1.94 bits per heavy atom. The van der Waals surface area contributed by atoms with Gasteiger partial charge < -0.3 is 9.26 Å². The number of carbonyl (C=O) groups excluding carboxylic acids is 2. The van der Waals surface area contributed by atoms with Crippen molar-refractivity contribution in [3.05, 3.63) is 12.2 Å². The second kappa shape index (κ2) is 6.42. The van der Waals surface area contributed by atoms with Gasteiger partial charge in [-0.2, -0.15) is 0 Å². The highest BCUT2D eigenvalue weighted by molar-refractivity contribution is 7.46. The third-order valence-electron chi connectivity index (χ3n) is 1.33. The van der Waals surface area contributed by atoms with Crippen LogP contribution >= 0.6 is 7.82 Å². The Morgan fingerprint density at radius 1 is 1.38 bits per heavy atom. The first-order valence-electron chi connectivity index (χ1n) is 4.33. The lowest BCUT2D eigenvalue weighted by atomic mass is 10.3. The van der Waals surface area contributed by atoms with Crippen molar-refractivity contribution in [2.75, 3.05) is 6.61 Å². The molecule has 0 amide bonds. The molecule has 0 aliphatic rings. The van der Waals surface area contributed by atoms with Gasteiger partial charge in [-0.3, -0.25) is 14.6 Å².